The van der Waals surface area contributed by atoms with E-state index >= 15 is 0 Å². The molecule has 0 fully saturated rings. The van der Waals surface area contributed by atoms with Gasteiger partial charge in [0.1, 0.15) is 0 Å². The van der Waals surface area contributed by atoms with Crippen molar-refractivity contribution < 1.29 is 9.90 Å². The largest absolute Gasteiger partial charge is 0.481 e. The van der Waals surface area contributed by atoms with Crippen LogP contribution in [0.1, 0.15) is 17.0 Å². The van der Waals surface area contributed by atoms with Crippen molar-refractivity contribution in [2.45, 2.75) is 12.3 Å². The van der Waals surface area contributed by atoms with Crippen molar-refractivity contribution in [1.29, 1.82) is 0 Å². The van der Waals surface area contributed by atoms with Crippen molar-refractivity contribution in [2.75, 3.05) is 0 Å². The maximum absolute atomic E-state index is 11.3. The minimum absolute atomic E-state index is 0.444. The fraction of sp³-hybridized carbons (Fsp3) is 0.143. The van der Waals surface area contributed by atoms with Gasteiger partial charge in [0.15, 0.2) is 0 Å². The van der Waals surface area contributed by atoms with Gasteiger partial charge in [-0.1, -0.05) is 23.7 Å². The topological polar surface area (TPSA) is 50.2 Å². The van der Waals surface area contributed by atoms with E-state index in [0.717, 1.165) is 11.1 Å². The molecule has 0 amide bonds. The van der Waals surface area contributed by atoms with E-state index in [1.165, 1.54) is 0 Å². The maximum atomic E-state index is 11.3. The lowest BCUT2D eigenvalue weighted by atomic mass is 9.92. The average Bonchev–Trinajstić information content (AvgIpc) is 2.38. The van der Waals surface area contributed by atoms with Crippen LogP contribution in [0.25, 0.3) is 0 Å². The third-order valence-corrected chi connectivity index (χ3v) is 3.01. The Morgan fingerprint density at radius 2 is 1.78 bits per heavy atom. The predicted octanol–water partition coefficient (Wildman–Crippen LogP) is 3.15. The number of hydrogen-bond donors (Lipinski definition) is 1. The molecule has 1 N–H and O–H groups in total. The van der Waals surface area contributed by atoms with Crippen LogP contribution in [0.2, 0.25) is 5.02 Å². The lowest BCUT2D eigenvalue weighted by molar-refractivity contribution is -0.138. The molecule has 0 spiro atoms. The van der Waals surface area contributed by atoms with Gasteiger partial charge in [0.25, 0.3) is 0 Å². The molecule has 1 atom stereocenters. The van der Waals surface area contributed by atoms with E-state index < -0.39 is 11.9 Å². The fourth-order valence-electron chi connectivity index (χ4n) is 1.80. The number of carboxylic acid groups (broad SMARTS) is 1. The monoisotopic (exact) mass is 261 g/mol. The second kappa shape index (κ2) is 5.65. The second-order valence-electron chi connectivity index (χ2n) is 4.00. The number of halogens is 1. The van der Waals surface area contributed by atoms with Gasteiger partial charge in [-0.3, -0.25) is 9.78 Å². The zero-order valence-electron chi connectivity index (χ0n) is 9.58. The third kappa shape index (κ3) is 3.08. The Morgan fingerprint density at radius 1 is 1.17 bits per heavy atom. The van der Waals surface area contributed by atoms with E-state index in [1.54, 1.807) is 36.7 Å². The van der Waals surface area contributed by atoms with Crippen LogP contribution >= 0.6 is 11.6 Å². The summed E-state index contributed by atoms with van der Waals surface area (Å²) in [6.45, 7) is 0. The molecule has 3 nitrogen and oxygen atoms in total. The first kappa shape index (κ1) is 12.6. The van der Waals surface area contributed by atoms with Gasteiger partial charge in [0, 0.05) is 17.4 Å². The van der Waals surface area contributed by atoms with Gasteiger partial charge in [-0.25, -0.2) is 0 Å². The zero-order chi connectivity index (χ0) is 13.0. The van der Waals surface area contributed by atoms with E-state index in [4.69, 9.17) is 11.6 Å². The molecule has 0 aliphatic heterocycles. The first-order chi connectivity index (χ1) is 8.66. The molecule has 0 aliphatic carbocycles. The molecule has 4 heteroatoms. The van der Waals surface area contributed by atoms with Crippen LogP contribution in [0, 0.1) is 0 Å². The number of carbonyl (C=O) groups is 1. The molecule has 0 saturated heterocycles. The van der Waals surface area contributed by atoms with Gasteiger partial charge in [0.05, 0.1) is 5.92 Å². The highest BCUT2D eigenvalue weighted by atomic mass is 35.5. The van der Waals surface area contributed by atoms with E-state index in [0.29, 0.717) is 11.4 Å². The standard InChI is InChI=1S/C14H12ClNO2/c15-12-3-1-11(2-4-12)13(14(17)18)9-10-5-7-16-8-6-10/h1-8,13H,9H2,(H,17,18). The molecular weight excluding hydrogens is 250 g/mol. The van der Waals surface area contributed by atoms with Crippen LogP contribution in [-0.2, 0) is 11.2 Å². The van der Waals surface area contributed by atoms with Gasteiger partial charge in [-0.15, -0.1) is 0 Å². The summed E-state index contributed by atoms with van der Waals surface area (Å²) in [7, 11) is 0. The number of hydrogen-bond acceptors (Lipinski definition) is 2. The van der Waals surface area contributed by atoms with Gasteiger partial charge >= 0.3 is 5.97 Å². The SMILES string of the molecule is O=C(O)C(Cc1ccncc1)c1ccc(Cl)cc1. The summed E-state index contributed by atoms with van der Waals surface area (Å²) in [5.41, 5.74) is 1.70. The number of carboxylic acids is 1. The highest BCUT2D eigenvalue weighted by Gasteiger charge is 2.20. The molecule has 92 valence electrons. The molecular formula is C14H12ClNO2. The van der Waals surface area contributed by atoms with Gasteiger partial charge in [-0.05, 0) is 41.8 Å². The van der Waals surface area contributed by atoms with E-state index in [-0.39, 0.29) is 0 Å². The molecule has 1 aromatic heterocycles. The van der Waals surface area contributed by atoms with Crippen LogP contribution in [0.3, 0.4) is 0 Å². The quantitative estimate of drug-likeness (QED) is 0.920. The van der Waals surface area contributed by atoms with Crippen LogP contribution in [0.15, 0.2) is 48.8 Å². The van der Waals surface area contributed by atoms with Gasteiger partial charge in [0.2, 0.25) is 0 Å². The average molecular weight is 262 g/mol. The Labute approximate surface area is 110 Å². The lowest BCUT2D eigenvalue weighted by Gasteiger charge is -2.12. The maximum Gasteiger partial charge on any atom is 0.311 e. The molecule has 0 bridgehead atoms. The number of aromatic nitrogens is 1. The normalized spacial score (nSPS) is 12.1. The van der Waals surface area contributed by atoms with Gasteiger partial charge < -0.3 is 5.11 Å². The highest BCUT2D eigenvalue weighted by molar-refractivity contribution is 6.30. The summed E-state index contributed by atoms with van der Waals surface area (Å²) < 4.78 is 0. The Morgan fingerprint density at radius 3 is 2.33 bits per heavy atom. The Kier molecular flexibility index (Phi) is 3.95. The van der Waals surface area contributed by atoms with Crippen molar-refractivity contribution in [3.8, 4) is 0 Å². The fourth-order valence-corrected chi connectivity index (χ4v) is 1.92. The van der Waals surface area contributed by atoms with Crippen LogP contribution < -0.4 is 0 Å². The summed E-state index contributed by atoms with van der Waals surface area (Å²) in [6.07, 6.45) is 3.77. The Hall–Kier alpha value is -1.87. The second-order valence-corrected chi connectivity index (χ2v) is 4.44. The summed E-state index contributed by atoms with van der Waals surface area (Å²) >= 11 is 5.80. The van der Waals surface area contributed by atoms with E-state index in [1.807, 2.05) is 12.1 Å². The Balaban J connectivity index is 2.24. The molecule has 0 radical (unpaired) electrons. The van der Waals surface area contributed by atoms with Crippen molar-refractivity contribution in [3.63, 3.8) is 0 Å². The first-order valence-electron chi connectivity index (χ1n) is 5.54. The molecule has 2 aromatic rings. The van der Waals surface area contributed by atoms with Crippen LogP contribution in [0.5, 0.6) is 0 Å². The van der Waals surface area contributed by atoms with Crippen LogP contribution in [-0.4, -0.2) is 16.1 Å². The summed E-state index contributed by atoms with van der Waals surface area (Å²) in [6, 6.07) is 10.6. The molecule has 2 rings (SSSR count). The lowest BCUT2D eigenvalue weighted by Crippen LogP contribution is -2.14. The van der Waals surface area contributed by atoms with Crippen molar-refractivity contribution in [1.82, 2.24) is 4.98 Å². The number of rotatable bonds is 4. The Bertz CT molecular complexity index is 525. The molecule has 0 aliphatic rings. The molecule has 0 saturated carbocycles. The summed E-state index contributed by atoms with van der Waals surface area (Å²) in [4.78, 5) is 15.3. The molecule has 1 aromatic carbocycles. The van der Waals surface area contributed by atoms with Crippen molar-refractivity contribution in [3.05, 3.63) is 64.9 Å². The number of benzene rings is 1. The van der Waals surface area contributed by atoms with Crippen LogP contribution in [0.4, 0.5) is 0 Å². The predicted molar refractivity (Wildman–Crippen MR) is 69.8 cm³/mol. The van der Waals surface area contributed by atoms with Crippen molar-refractivity contribution in [2.24, 2.45) is 0 Å². The number of nitrogens with zero attached hydrogens (tertiary/aromatic N) is 1. The summed E-state index contributed by atoms with van der Waals surface area (Å²) in [5, 5.41) is 9.91. The third-order valence-electron chi connectivity index (χ3n) is 2.76. The summed E-state index contributed by atoms with van der Waals surface area (Å²) in [5.74, 6) is -1.40. The number of pyridine rings is 1. The highest BCUT2D eigenvalue weighted by Crippen LogP contribution is 2.22. The molecule has 1 unspecified atom stereocenters. The smallest absolute Gasteiger partial charge is 0.311 e. The van der Waals surface area contributed by atoms with E-state index in [9.17, 15) is 9.90 Å². The number of aliphatic carboxylic acids is 1. The minimum atomic E-state index is -0.839. The molecule has 18 heavy (non-hydrogen) atoms. The zero-order valence-corrected chi connectivity index (χ0v) is 10.3. The minimum Gasteiger partial charge on any atom is -0.481 e. The first-order valence-corrected chi connectivity index (χ1v) is 5.92. The van der Waals surface area contributed by atoms with Crippen molar-refractivity contribution >= 4 is 17.6 Å². The van der Waals surface area contributed by atoms with E-state index in [2.05, 4.69) is 4.98 Å². The van der Waals surface area contributed by atoms with Gasteiger partial charge in [-0.2, -0.15) is 0 Å². The molecule has 1 heterocycles.